The molecule has 1 aromatic rings. The van der Waals surface area contributed by atoms with Gasteiger partial charge in [-0.2, -0.15) is 11.8 Å². The van der Waals surface area contributed by atoms with E-state index in [1.807, 2.05) is 18.0 Å². The van der Waals surface area contributed by atoms with Crippen LogP contribution in [-0.2, 0) is 13.5 Å². The number of hydrogen-bond donors (Lipinski definition) is 1. The van der Waals surface area contributed by atoms with Crippen molar-refractivity contribution < 1.29 is 4.57 Å². The van der Waals surface area contributed by atoms with Crippen molar-refractivity contribution >= 4 is 11.8 Å². The van der Waals surface area contributed by atoms with Crippen molar-refractivity contribution in [1.82, 2.24) is 4.98 Å². The summed E-state index contributed by atoms with van der Waals surface area (Å²) in [5.41, 5.74) is 0. The van der Waals surface area contributed by atoms with Crippen LogP contribution in [0.3, 0.4) is 0 Å². The Kier molecular flexibility index (Phi) is 4.22. The molecule has 68 valence electrons. The molecule has 0 radical (unpaired) electrons. The van der Waals surface area contributed by atoms with E-state index < -0.39 is 0 Å². The van der Waals surface area contributed by atoms with E-state index in [0.717, 1.165) is 6.42 Å². The summed E-state index contributed by atoms with van der Waals surface area (Å²) in [6.45, 7) is 2.21. The Labute approximate surface area is 78.4 Å². The summed E-state index contributed by atoms with van der Waals surface area (Å²) in [7, 11) is 2.08. The summed E-state index contributed by atoms with van der Waals surface area (Å²) in [4.78, 5) is 3.24. The zero-order valence-electron chi connectivity index (χ0n) is 7.84. The number of hydrogen-bond acceptors (Lipinski definition) is 1. The third kappa shape index (κ3) is 2.89. The lowest BCUT2D eigenvalue weighted by Crippen LogP contribution is -2.30. The fourth-order valence-corrected chi connectivity index (χ4v) is 1.81. The van der Waals surface area contributed by atoms with Crippen LogP contribution in [0.15, 0.2) is 12.4 Å². The number of aromatic nitrogens is 2. The molecule has 1 heterocycles. The molecule has 0 unspecified atom stereocenters. The smallest absolute Gasteiger partial charge is 0.248 e. The van der Waals surface area contributed by atoms with Crippen molar-refractivity contribution in [2.24, 2.45) is 7.05 Å². The van der Waals surface area contributed by atoms with E-state index in [1.165, 1.54) is 23.8 Å². The van der Waals surface area contributed by atoms with Crippen LogP contribution in [0.5, 0.6) is 0 Å². The van der Waals surface area contributed by atoms with Gasteiger partial charge in [0.15, 0.2) is 0 Å². The quantitative estimate of drug-likeness (QED) is 0.544. The standard InChI is InChI=1S/C9H16N2S/c1-3-12-8-4-5-9-10-6-7-11(9)2/h6-7H,3-5,8H2,1-2H3/p+1. The highest BCUT2D eigenvalue weighted by atomic mass is 32.2. The van der Waals surface area contributed by atoms with Gasteiger partial charge in [-0.15, -0.1) is 0 Å². The minimum atomic E-state index is 1.16. The normalized spacial score (nSPS) is 10.5. The Morgan fingerprint density at radius 1 is 1.58 bits per heavy atom. The first-order chi connectivity index (χ1) is 5.84. The second-order valence-electron chi connectivity index (χ2n) is 2.82. The fourth-order valence-electron chi connectivity index (χ4n) is 1.17. The lowest BCUT2D eigenvalue weighted by molar-refractivity contribution is -0.677. The van der Waals surface area contributed by atoms with Gasteiger partial charge in [-0.3, -0.25) is 0 Å². The third-order valence-corrected chi connectivity index (χ3v) is 2.87. The van der Waals surface area contributed by atoms with E-state index in [9.17, 15) is 0 Å². The van der Waals surface area contributed by atoms with E-state index >= 15 is 0 Å². The number of thioether (sulfide) groups is 1. The van der Waals surface area contributed by atoms with Crippen LogP contribution < -0.4 is 4.57 Å². The molecule has 1 aromatic heterocycles. The van der Waals surface area contributed by atoms with Crippen LogP contribution in [0, 0.1) is 0 Å². The largest absolute Gasteiger partial charge is 0.253 e. The van der Waals surface area contributed by atoms with Crippen LogP contribution in [0.4, 0.5) is 0 Å². The fraction of sp³-hybridized carbons (Fsp3) is 0.667. The maximum atomic E-state index is 3.24. The average Bonchev–Trinajstić information content (AvgIpc) is 2.46. The maximum absolute atomic E-state index is 3.24. The molecule has 0 aromatic carbocycles. The second kappa shape index (κ2) is 5.25. The lowest BCUT2D eigenvalue weighted by Gasteiger charge is -1.95. The van der Waals surface area contributed by atoms with Gasteiger partial charge in [0.05, 0.1) is 7.05 Å². The molecular weight excluding hydrogens is 168 g/mol. The number of nitrogens with one attached hydrogen (secondary N) is 1. The summed E-state index contributed by atoms with van der Waals surface area (Å²) in [6.07, 6.45) is 6.48. The number of aryl methyl sites for hydroxylation is 2. The predicted octanol–water partition coefficient (Wildman–Crippen LogP) is 1.52. The van der Waals surface area contributed by atoms with Crippen LogP contribution in [-0.4, -0.2) is 16.5 Å². The molecule has 1 N–H and O–H groups in total. The molecule has 12 heavy (non-hydrogen) atoms. The van der Waals surface area contributed by atoms with Gasteiger partial charge in [0.1, 0.15) is 12.4 Å². The summed E-state index contributed by atoms with van der Waals surface area (Å²) < 4.78 is 2.15. The van der Waals surface area contributed by atoms with Crippen molar-refractivity contribution in [1.29, 1.82) is 0 Å². The highest BCUT2D eigenvalue weighted by Crippen LogP contribution is 2.03. The van der Waals surface area contributed by atoms with Crippen molar-refractivity contribution in [2.75, 3.05) is 11.5 Å². The van der Waals surface area contributed by atoms with Crippen molar-refractivity contribution in [3.63, 3.8) is 0 Å². The van der Waals surface area contributed by atoms with Gasteiger partial charge >= 0.3 is 0 Å². The van der Waals surface area contributed by atoms with E-state index in [-0.39, 0.29) is 0 Å². The molecule has 0 amide bonds. The summed E-state index contributed by atoms with van der Waals surface area (Å²) in [6, 6.07) is 0. The highest BCUT2D eigenvalue weighted by molar-refractivity contribution is 7.99. The van der Waals surface area contributed by atoms with Gasteiger partial charge in [-0.1, -0.05) is 6.92 Å². The summed E-state index contributed by atoms with van der Waals surface area (Å²) >= 11 is 2.01. The number of aromatic amines is 1. The topological polar surface area (TPSA) is 19.7 Å². The molecular formula is C9H17N2S+. The Morgan fingerprint density at radius 2 is 2.42 bits per heavy atom. The lowest BCUT2D eigenvalue weighted by atomic mass is 10.3. The monoisotopic (exact) mass is 185 g/mol. The first kappa shape index (κ1) is 9.65. The third-order valence-electron chi connectivity index (χ3n) is 1.88. The maximum Gasteiger partial charge on any atom is 0.253 e. The molecule has 1 rings (SSSR count). The molecule has 0 saturated carbocycles. The van der Waals surface area contributed by atoms with Crippen molar-refractivity contribution in [2.45, 2.75) is 19.8 Å². The van der Waals surface area contributed by atoms with Gasteiger partial charge in [-0.25, -0.2) is 9.55 Å². The molecule has 0 atom stereocenters. The first-order valence-corrected chi connectivity index (χ1v) is 5.59. The molecule has 0 saturated heterocycles. The Balaban J connectivity index is 2.20. The van der Waals surface area contributed by atoms with E-state index in [4.69, 9.17) is 0 Å². The van der Waals surface area contributed by atoms with Crippen molar-refractivity contribution in [3.05, 3.63) is 18.2 Å². The van der Waals surface area contributed by atoms with Crippen LogP contribution in [0.1, 0.15) is 19.2 Å². The molecule has 0 spiro atoms. The zero-order chi connectivity index (χ0) is 8.81. The van der Waals surface area contributed by atoms with Crippen LogP contribution >= 0.6 is 11.8 Å². The van der Waals surface area contributed by atoms with Gasteiger partial charge < -0.3 is 0 Å². The average molecular weight is 185 g/mol. The molecule has 2 nitrogen and oxygen atoms in total. The Bertz CT molecular complexity index is 220. The number of nitrogens with zero attached hydrogens (tertiary/aromatic N) is 1. The second-order valence-corrected chi connectivity index (χ2v) is 4.21. The van der Waals surface area contributed by atoms with Gasteiger partial charge in [0, 0.05) is 6.42 Å². The summed E-state index contributed by atoms with van der Waals surface area (Å²) in [5, 5.41) is 0. The Hall–Kier alpha value is -0.440. The van der Waals surface area contributed by atoms with Gasteiger partial charge in [0.2, 0.25) is 0 Å². The predicted molar refractivity (Wildman–Crippen MR) is 53.3 cm³/mol. The Morgan fingerprint density at radius 3 is 3.00 bits per heavy atom. The van der Waals surface area contributed by atoms with E-state index in [0.29, 0.717) is 0 Å². The van der Waals surface area contributed by atoms with E-state index in [1.54, 1.807) is 0 Å². The van der Waals surface area contributed by atoms with E-state index in [2.05, 4.69) is 29.7 Å². The minimum absolute atomic E-state index is 1.16. The van der Waals surface area contributed by atoms with Crippen LogP contribution in [0.2, 0.25) is 0 Å². The van der Waals surface area contributed by atoms with Crippen molar-refractivity contribution in [3.8, 4) is 0 Å². The number of imidazole rings is 1. The molecule has 0 aliphatic rings. The van der Waals surface area contributed by atoms with Crippen LogP contribution in [0.25, 0.3) is 0 Å². The minimum Gasteiger partial charge on any atom is -0.248 e. The zero-order valence-corrected chi connectivity index (χ0v) is 8.66. The summed E-state index contributed by atoms with van der Waals surface area (Å²) in [5.74, 6) is 3.83. The SMILES string of the molecule is CCSCCCc1[nH]cc[n+]1C. The molecule has 0 aliphatic heterocycles. The first-order valence-electron chi connectivity index (χ1n) is 4.44. The molecule has 0 aliphatic carbocycles. The highest BCUT2D eigenvalue weighted by Gasteiger charge is 2.04. The molecule has 0 bridgehead atoms. The molecule has 3 heteroatoms. The molecule has 0 fully saturated rings. The van der Waals surface area contributed by atoms with Gasteiger partial charge in [0.25, 0.3) is 5.82 Å². The number of rotatable bonds is 5. The number of H-pyrrole nitrogens is 1. The van der Waals surface area contributed by atoms with Gasteiger partial charge in [-0.05, 0) is 17.9 Å².